The van der Waals surface area contributed by atoms with Gasteiger partial charge >= 0.3 is 0 Å². The van der Waals surface area contributed by atoms with Crippen LogP contribution in [-0.4, -0.2) is 35.9 Å². The van der Waals surface area contributed by atoms with Crippen LogP contribution in [-0.2, 0) is 9.84 Å². The minimum absolute atomic E-state index is 0.00494. The summed E-state index contributed by atoms with van der Waals surface area (Å²) in [6.07, 6.45) is -0.503. The van der Waals surface area contributed by atoms with Crippen LogP contribution in [0, 0.1) is 11.5 Å². The number of ether oxygens (including phenoxy) is 2. The van der Waals surface area contributed by atoms with Crippen LogP contribution in [0.25, 0.3) is 21.8 Å². The van der Waals surface area contributed by atoms with E-state index in [4.69, 9.17) is 13.9 Å². The Balaban J connectivity index is 2.13. The van der Waals surface area contributed by atoms with Gasteiger partial charge < -0.3 is 18.5 Å². The van der Waals surface area contributed by atoms with Crippen molar-refractivity contribution in [2.75, 3.05) is 14.2 Å². The van der Waals surface area contributed by atoms with Gasteiger partial charge in [0.15, 0.2) is 20.7 Å². The highest BCUT2D eigenvalue weighted by molar-refractivity contribution is 6.83. The second kappa shape index (κ2) is 11.3. The summed E-state index contributed by atoms with van der Waals surface area (Å²) in [5.41, 5.74) is 7.67. The molecule has 0 radical (unpaired) electrons. The normalized spacial score (nSPS) is 12.9. The molecule has 5 nitrogen and oxygen atoms in total. The molecule has 1 unspecified atom stereocenters. The summed E-state index contributed by atoms with van der Waals surface area (Å²) in [7, 11) is 0.200. The van der Waals surface area contributed by atoms with E-state index in [1.54, 1.807) is 14.2 Å². The fourth-order valence-electron chi connectivity index (χ4n) is 5.02. The molecular formula is C33H41NO4Si2. The largest absolute Gasteiger partial charge is 0.496 e. The Morgan fingerprint density at radius 3 is 2.02 bits per heavy atom. The summed E-state index contributed by atoms with van der Waals surface area (Å²) in [5, 5.41) is 1.29. The van der Waals surface area contributed by atoms with E-state index >= 15 is 0 Å². The summed E-state index contributed by atoms with van der Waals surface area (Å²) in [6, 6.07) is 17.8. The monoisotopic (exact) mass is 571 g/mol. The van der Waals surface area contributed by atoms with Crippen LogP contribution >= 0.6 is 0 Å². The molecule has 4 rings (SSSR count). The van der Waals surface area contributed by atoms with E-state index in [0.29, 0.717) is 10.8 Å². The van der Waals surface area contributed by atoms with Crippen LogP contribution < -0.4 is 14.9 Å². The second-order valence-electron chi connectivity index (χ2n) is 12.5. The van der Waals surface area contributed by atoms with Crippen LogP contribution in [0.4, 0.5) is 0 Å². The maximum absolute atomic E-state index is 13.7. The molecule has 40 heavy (non-hydrogen) atoms. The second-order valence-corrected chi connectivity index (χ2v) is 19.7. The van der Waals surface area contributed by atoms with Crippen LogP contribution in [0.15, 0.2) is 59.4 Å². The number of methoxy groups -OCH3 is 2. The number of nitrogens with zero attached hydrogens (tertiary/aromatic N) is 1. The van der Waals surface area contributed by atoms with E-state index in [1.165, 1.54) is 0 Å². The third-order valence-corrected chi connectivity index (χ3v) is 8.37. The van der Waals surface area contributed by atoms with Gasteiger partial charge in [-0.1, -0.05) is 58.5 Å². The maximum Gasteiger partial charge on any atom is 0.197 e. The number of hydrogen-bond donors (Lipinski definition) is 0. The van der Waals surface area contributed by atoms with E-state index < -0.39 is 23.3 Å². The lowest BCUT2D eigenvalue weighted by molar-refractivity contribution is 0.184. The molecule has 3 aromatic carbocycles. The fourth-order valence-corrected chi connectivity index (χ4v) is 6.34. The average Bonchev–Trinajstić information content (AvgIpc) is 2.89. The van der Waals surface area contributed by atoms with Crippen molar-refractivity contribution in [1.29, 1.82) is 0 Å². The maximum atomic E-state index is 13.7. The Bertz CT molecular complexity index is 1660. The number of aromatic nitrogens is 1. The molecule has 0 saturated heterocycles. The highest BCUT2D eigenvalue weighted by Crippen LogP contribution is 2.42. The fraction of sp³-hybridized carbons (Fsp3) is 0.364. The molecule has 1 aromatic heterocycles. The minimum Gasteiger partial charge on any atom is -0.496 e. The van der Waals surface area contributed by atoms with E-state index in [9.17, 15) is 4.79 Å². The van der Waals surface area contributed by atoms with E-state index in [1.807, 2.05) is 42.5 Å². The van der Waals surface area contributed by atoms with E-state index in [0.717, 1.165) is 39.2 Å². The van der Waals surface area contributed by atoms with Gasteiger partial charge in [-0.2, -0.15) is 0 Å². The lowest BCUT2D eigenvalue weighted by atomic mass is 9.84. The van der Waals surface area contributed by atoms with E-state index in [-0.39, 0.29) is 10.8 Å². The Hall–Kier alpha value is -3.32. The molecule has 7 heteroatoms. The third kappa shape index (κ3) is 6.04. The SMILES string of the molecule is COc1cc(C(O[SiH](C)C)n2c3ccccc3c(=O)c3ccc(C#C[Si](C)(C)C)cc32)cc(OC)c1C(C)(C)C. The molecule has 0 fully saturated rings. The molecule has 210 valence electrons. The molecule has 0 aliphatic heterocycles. The highest BCUT2D eigenvalue weighted by Gasteiger charge is 2.29. The quantitative estimate of drug-likeness (QED) is 0.139. The van der Waals surface area contributed by atoms with Crippen molar-refractivity contribution in [2.24, 2.45) is 0 Å². The zero-order valence-electron chi connectivity index (χ0n) is 25.4. The van der Waals surface area contributed by atoms with Gasteiger partial charge in [-0.15, -0.1) is 5.54 Å². The Kier molecular flexibility index (Phi) is 8.37. The van der Waals surface area contributed by atoms with Gasteiger partial charge in [0, 0.05) is 27.5 Å². The molecule has 1 atom stereocenters. The van der Waals surface area contributed by atoms with Crippen LogP contribution in [0.5, 0.6) is 11.5 Å². The zero-order valence-corrected chi connectivity index (χ0v) is 27.6. The molecule has 0 N–H and O–H groups in total. The first kappa shape index (κ1) is 29.7. The lowest BCUT2D eigenvalue weighted by Gasteiger charge is -2.30. The number of para-hydroxylation sites is 1. The predicted octanol–water partition coefficient (Wildman–Crippen LogP) is 7.25. The van der Waals surface area contributed by atoms with Gasteiger partial charge in [0.1, 0.15) is 19.6 Å². The van der Waals surface area contributed by atoms with Crippen molar-refractivity contribution in [3.05, 3.63) is 81.5 Å². The zero-order chi connectivity index (χ0) is 29.4. The van der Waals surface area contributed by atoms with Crippen molar-refractivity contribution < 1.29 is 13.9 Å². The van der Waals surface area contributed by atoms with Crippen molar-refractivity contribution >= 4 is 38.9 Å². The third-order valence-electron chi connectivity index (χ3n) is 6.69. The van der Waals surface area contributed by atoms with Crippen molar-refractivity contribution in [1.82, 2.24) is 4.57 Å². The first-order chi connectivity index (χ1) is 18.7. The van der Waals surface area contributed by atoms with E-state index in [2.05, 4.69) is 81.7 Å². The average molecular weight is 572 g/mol. The summed E-state index contributed by atoms with van der Waals surface area (Å²) in [5.74, 6) is 4.87. The van der Waals surface area contributed by atoms with Crippen molar-refractivity contribution in [3.63, 3.8) is 0 Å². The Morgan fingerprint density at radius 1 is 0.875 bits per heavy atom. The highest BCUT2D eigenvalue weighted by atomic mass is 28.3. The number of fused-ring (bicyclic) bond motifs is 2. The van der Waals surface area contributed by atoms with Gasteiger partial charge in [0.05, 0.1) is 25.3 Å². The number of hydrogen-bond acceptors (Lipinski definition) is 4. The van der Waals surface area contributed by atoms with Crippen LogP contribution in [0.3, 0.4) is 0 Å². The van der Waals surface area contributed by atoms with Crippen molar-refractivity contribution in [3.8, 4) is 23.0 Å². The summed E-state index contributed by atoms with van der Waals surface area (Å²) in [6.45, 7) is 17.4. The predicted molar refractivity (Wildman–Crippen MR) is 172 cm³/mol. The smallest absolute Gasteiger partial charge is 0.197 e. The first-order valence-electron chi connectivity index (χ1n) is 13.8. The van der Waals surface area contributed by atoms with Gasteiger partial charge in [-0.05, 0) is 61.0 Å². The summed E-state index contributed by atoms with van der Waals surface area (Å²) < 4.78 is 20.8. The molecule has 0 spiro atoms. The van der Waals surface area contributed by atoms with Crippen LogP contribution in [0.1, 0.15) is 43.7 Å². The molecule has 0 amide bonds. The number of rotatable bonds is 6. The Morgan fingerprint density at radius 2 is 1.48 bits per heavy atom. The molecule has 0 bridgehead atoms. The van der Waals surface area contributed by atoms with Crippen LogP contribution in [0.2, 0.25) is 32.7 Å². The van der Waals surface area contributed by atoms with Gasteiger partial charge in [0.25, 0.3) is 0 Å². The molecule has 0 saturated carbocycles. The summed E-state index contributed by atoms with van der Waals surface area (Å²) >= 11 is 0. The lowest BCUT2D eigenvalue weighted by Crippen LogP contribution is -2.24. The molecule has 0 aliphatic carbocycles. The molecule has 1 heterocycles. The first-order valence-corrected chi connectivity index (χ1v) is 20.0. The summed E-state index contributed by atoms with van der Waals surface area (Å²) in [4.78, 5) is 13.7. The molecule has 4 aromatic rings. The van der Waals surface area contributed by atoms with Gasteiger partial charge in [-0.25, -0.2) is 0 Å². The van der Waals surface area contributed by atoms with Crippen molar-refractivity contribution in [2.45, 2.75) is 65.1 Å². The Labute approximate surface area is 240 Å². The van der Waals surface area contributed by atoms with Gasteiger partial charge in [-0.3, -0.25) is 4.79 Å². The number of benzene rings is 3. The number of pyridine rings is 1. The molecule has 0 aliphatic rings. The van der Waals surface area contributed by atoms with Gasteiger partial charge in [0.2, 0.25) is 0 Å². The standard InChI is InChI=1S/C33H41NO4Si2/c1-33(2,3)30-28(36-4)20-23(21-29(30)37-5)32(38-39(6)7)34-26-14-12-11-13-24(26)31(35)25-16-15-22(19-27(25)34)17-18-40(8,9)10/h11-16,19-21,32,39H,1-10H3. The topological polar surface area (TPSA) is 49.7 Å². The molecular weight excluding hydrogens is 531 g/mol. The minimum atomic E-state index is -1.59.